The maximum Gasteiger partial charge on any atom is 0.169 e. The van der Waals surface area contributed by atoms with Gasteiger partial charge >= 0.3 is 0 Å². The number of phenols is 1. The van der Waals surface area contributed by atoms with Gasteiger partial charge in [-0.1, -0.05) is 12.1 Å². The number of halogens is 1. The molecule has 2 nitrogen and oxygen atoms in total. The number of hydrogen-bond acceptors (Lipinski definition) is 2. The second-order valence-electron chi connectivity index (χ2n) is 2.47. The molecule has 0 saturated heterocycles. The summed E-state index contributed by atoms with van der Waals surface area (Å²) in [5.74, 6) is -0.970. The lowest BCUT2D eigenvalue weighted by Gasteiger charge is -2.06. The Morgan fingerprint density at radius 1 is 1.55 bits per heavy atom. The molecule has 0 fully saturated rings. The Balaban J connectivity index is 3.17. The maximum atomic E-state index is 12.9. The lowest BCUT2D eigenvalue weighted by molar-refractivity contribution is 0.426. The van der Waals surface area contributed by atoms with Gasteiger partial charge in [0.2, 0.25) is 0 Å². The summed E-state index contributed by atoms with van der Waals surface area (Å²) >= 11 is 0. The zero-order valence-corrected chi connectivity index (χ0v) is 6.21. The summed E-state index contributed by atoms with van der Waals surface area (Å²) in [5, 5.41) is 8.92. The molecule has 1 rings (SSSR count). The minimum Gasteiger partial charge on any atom is -0.505 e. The highest BCUT2D eigenvalue weighted by Gasteiger charge is 2.09. The Morgan fingerprint density at radius 3 is 2.64 bits per heavy atom. The largest absolute Gasteiger partial charge is 0.505 e. The summed E-state index contributed by atoms with van der Waals surface area (Å²) in [6, 6.07) is 4.03. The van der Waals surface area contributed by atoms with Crippen molar-refractivity contribution in [1.82, 2.24) is 0 Å². The van der Waals surface area contributed by atoms with Crippen LogP contribution in [0.1, 0.15) is 18.5 Å². The Bertz CT molecular complexity index is 260. The van der Waals surface area contributed by atoms with Crippen LogP contribution in [0.2, 0.25) is 0 Å². The number of hydrogen-bond donors (Lipinski definition) is 2. The molecular weight excluding hydrogens is 145 g/mol. The number of nitrogens with two attached hydrogens (primary N) is 1. The lowest BCUT2D eigenvalue weighted by Crippen LogP contribution is -2.06. The van der Waals surface area contributed by atoms with E-state index in [1.54, 1.807) is 19.1 Å². The van der Waals surface area contributed by atoms with Crippen LogP contribution in [0.3, 0.4) is 0 Å². The van der Waals surface area contributed by atoms with Gasteiger partial charge in [0.25, 0.3) is 0 Å². The Labute approximate surface area is 64.5 Å². The van der Waals surface area contributed by atoms with Crippen molar-refractivity contribution in [2.45, 2.75) is 13.0 Å². The van der Waals surface area contributed by atoms with E-state index in [4.69, 9.17) is 10.8 Å². The summed E-state index contributed by atoms with van der Waals surface area (Å²) in [6.45, 7) is 1.66. The number of rotatable bonds is 1. The fourth-order valence-electron chi connectivity index (χ4n) is 0.889. The van der Waals surface area contributed by atoms with Crippen LogP contribution >= 0.6 is 0 Å². The molecule has 0 radical (unpaired) electrons. The average Bonchev–Trinajstić information content (AvgIpc) is 1.94. The molecular formula is C8H10FNO. The van der Waals surface area contributed by atoms with Gasteiger partial charge in [0.05, 0.1) is 0 Å². The van der Waals surface area contributed by atoms with E-state index in [1.165, 1.54) is 6.07 Å². The summed E-state index contributed by atoms with van der Waals surface area (Å²) in [6.07, 6.45) is 0. The van der Waals surface area contributed by atoms with Gasteiger partial charge in [-0.3, -0.25) is 0 Å². The molecule has 0 aromatic heterocycles. The standard InChI is InChI=1S/C8H10FNO/c1-5(10)6-3-2-4-7(11)8(6)9/h2-5,11H,10H2,1H3/t5-/m1/s1. The SMILES string of the molecule is C[C@@H](N)c1cccc(O)c1F. The van der Waals surface area contributed by atoms with E-state index in [1.807, 2.05) is 0 Å². The third-order valence-corrected chi connectivity index (χ3v) is 1.50. The van der Waals surface area contributed by atoms with Gasteiger partial charge in [-0.2, -0.15) is 0 Å². The molecule has 0 aliphatic heterocycles. The summed E-state index contributed by atoms with van der Waals surface area (Å²) < 4.78 is 12.9. The van der Waals surface area contributed by atoms with E-state index in [2.05, 4.69) is 0 Å². The third kappa shape index (κ3) is 1.49. The monoisotopic (exact) mass is 155 g/mol. The van der Waals surface area contributed by atoms with Crippen molar-refractivity contribution in [3.63, 3.8) is 0 Å². The highest BCUT2D eigenvalue weighted by molar-refractivity contribution is 5.31. The molecule has 0 saturated carbocycles. The van der Waals surface area contributed by atoms with E-state index in [9.17, 15) is 4.39 Å². The number of aromatic hydroxyl groups is 1. The molecule has 0 amide bonds. The lowest BCUT2D eigenvalue weighted by atomic mass is 10.1. The average molecular weight is 155 g/mol. The van der Waals surface area contributed by atoms with Crippen LogP contribution in [-0.2, 0) is 0 Å². The molecule has 1 atom stereocenters. The van der Waals surface area contributed by atoms with Gasteiger partial charge in [-0.05, 0) is 13.0 Å². The van der Waals surface area contributed by atoms with Crippen molar-refractivity contribution < 1.29 is 9.50 Å². The van der Waals surface area contributed by atoms with E-state index < -0.39 is 5.82 Å². The van der Waals surface area contributed by atoms with Crippen molar-refractivity contribution in [2.24, 2.45) is 5.73 Å². The predicted octanol–water partition coefficient (Wildman–Crippen LogP) is 1.55. The maximum absolute atomic E-state index is 12.9. The van der Waals surface area contributed by atoms with Crippen molar-refractivity contribution in [3.05, 3.63) is 29.6 Å². The molecule has 1 aromatic carbocycles. The molecule has 0 aliphatic carbocycles. The smallest absolute Gasteiger partial charge is 0.169 e. The van der Waals surface area contributed by atoms with Crippen LogP contribution < -0.4 is 5.73 Å². The van der Waals surface area contributed by atoms with E-state index in [0.29, 0.717) is 5.56 Å². The molecule has 0 aliphatic rings. The summed E-state index contributed by atoms with van der Waals surface area (Å²) in [7, 11) is 0. The van der Waals surface area contributed by atoms with Gasteiger partial charge in [0.15, 0.2) is 11.6 Å². The fourth-order valence-corrected chi connectivity index (χ4v) is 0.889. The van der Waals surface area contributed by atoms with Crippen molar-refractivity contribution in [1.29, 1.82) is 0 Å². The predicted molar refractivity (Wildman–Crippen MR) is 40.7 cm³/mol. The molecule has 0 bridgehead atoms. The number of phenolic OH excluding ortho intramolecular Hbond substituents is 1. The van der Waals surface area contributed by atoms with Crippen molar-refractivity contribution >= 4 is 0 Å². The summed E-state index contributed by atoms with van der Waals surface area (Å²) in [5.41, 5.74) is 5.77. The minimum absolute atomic E-state index is 0.338. The highest BCUT2D eigenvalue weighted by atomic mass is 19.1. The van der Waals surface area contributed by atoms with Crippen molar-refractivity contribution in [2.75, 3.05) is 0 Å². The Hall–Kier alpha value is -1.09. The first-order valence-corrected chi connectivity index (χ1v) is 3.36. The number of benzene rings is 1. The molecule has 0 unspecified atom stereocenters. The van der Waals surface area contributed by atoms with Crippen LogP contribution in [0.4, 0.5) is 4.39 Å². The zero-order chi connectivity index (χ0) is 8.43. The third-order valence-electron chi connectivity index (χ3n) is 1.50. The van der Waals surface area contributed by atoms with Crippen molar-refractivity contribution in [3.8, 4) is 5.75 Å². The molecule has 0 spiro atoms. The first-order chi connectivity index (χ1) is 5.13. The topological polar surface area (TPSA) is 46.2 Å². The molecule has 3 N–H and O–H groups in total. The molecule has 11 heavy (non-hydrogen) atoms. The highest BCUT2D eigenvalue weighted by Crippen LogP contribution is 2.22. The molecule has 3 heteroatoms. The van der Waals surface area contributed by atoms with Crippen LogP contribution in [0.25, 0.3) is 0 Å². The summed E-state index contributed by atoms with van der Waals surface area (Å²) in [4.78, 5) is 0. The van der Waals surface area contributed by atoms with Gasteiger partial charge in [0, 0.05) is 11.6 Å². The second-order valence-corrected chi connectivity index (χ2v) is 2.47. The minimum atomic E-state index is -0.623. The van der Waals surface area contributed by atoms with Gasteiger partial charge in [-0.25, -0.2) is 4.39 Å². The van der Waals surface area contributed by atoms with E-state index >= 15 is 0 Å². The normalized spacial score (nSPS) is 13.0. The Morgan fingerprint density at radius 2 is 2.18 bits per heavy atom. The quantitative estimate of drug-likeness (QED) is 0.646. The van der Waals surface area contributed by atoms with Gasteiger partial charge < -0.3 is 10.8 Å². The van der Waals surface area contributed by atoms with Gasteiger partial charge in [0.1, 0.15) is 0 Å². The molecule has 60 valence electrons. The van der Waals surface area contributed by atoms with Crippen LogP contribution in [0.5, 0.6) is 5.75 Å². The van der Waals surface area contributed by atoms with Crippen LogP contribution in [-0.4, -0.2) is 5.11 Å². The van der Waals surface area contributed by atoms with Crippen LogP contribution in [0.15, 0.2) is 18.2 Å². The zero-order valence-electron chi connectivity index (χ0n) is 6.21. The van der Waals surface area contributed by atoms with Crippen LogP contribution in [0, 0.1) is 5.82 Å². The molecule has 1 aromatic rings. The molecule has 0 heterocycles. The first-order valence-electron chi connectivity index (χ1n) is 3.36. The first kappa shape index (κ1) is 8.01. The Kier molecular flexibility index (Phi) is 2.10. The second kappa shape index (κ2) is 2.88. The van der Waals surface area contributed by atoms with E-state index in [-0.39, 0.29) is 11.8 Å². The fraction of sp³-hybridized carbons (Fsp3) is 0.250. The van der Waals surface area contributed by atoms with Gasteiger partial charge in [-0.15, -0.1) is 0 Å². The van der Waals surface area contributed by atoms with E-state index in [0.717, 1.165) is 0 Å².